The summed E-state index contributed by atoms with van der Waals surface area (Å²) in [6.07, 6.45) is 2.21. The van der Waals surface area contributed by atoms with Gasteiger partial charge in [0.1, 0.15) is 0 Å². The van der Waals surface area contributed by atoms with Crippen molar-refractivity contribution < 1.29 is 19.4 Å². The summed E-state index contributed by atoms with van der Waals surface area (Å²) in [6.45, 7) is 1.69. The van der Waals surface area contributed by atoms with Crippen LogP contribution in [0.25, 0.3) is 0 Å². The molecular formula is C10H16N4O4. The highest BCUT2D eigenvalue weighted by molar-refractivity contribution is 5.77. The van der Waals surface area contributed by atoms with Crippen LogP contribution in [0.4, 0.5) is 4.79 Å². The Morgan fingerprint density at radius 2 is 2.33 bits per heavy atom. The van der Waals surface area contributed by atoms with E-state index >= 15 is 0 Å². The predicted octanol–water partition coefficient (Wildman–Crippen LogP) is -0.130. The van der Waals surface area contributed by atoms with E-state index in [0.29, 0.717) is 0 Å². The van der Waals surface area contributed by atoms with Crippen molar-refractivity contribution in [2.75, 3.05) is 13.7 Å². The molecule has 0 saturated carbocycles. The van der Waals surface area contributed by atoms with Crippen molar-refractivity contribution in [2.45, 2.75) is 19.1 Å². The topological polar surface area (TPSA) is 116 Å². The van der Waals surface area contributed by atoms with Crippen molar-refractivity contribution in [3.05, 3.63) is 18.0 Å². The molecule has 0 aromatic carbocycles. The molecule has 2 atom stereocenters. The lowest BCUT2D eigenvalue weighted by molar-refractivity contribution is -0.147. The lowest BCUT2D eigenvalue weighted by Gasteiger charge is -2.15. The first-order valence-electron chi connectivity index (χ1n) is 5.33. The summed E-state index contributed by atoms with van der Waals surface area (Å²) >= 11 is 0. The van der Waals surface area contributed by atoms with E-state index < -0.39 is 18.1 Å². The van der Waals surface area contributed by atoms with Gasteiger partial charge >= 0.3 is 12.0 Å². The second-order valence-corrected chi connectivity index (χ2v) is 3.67. The maximum atomic E-state index is 11.5. The number of methoxy groups -OCH3 is 1. The lowest BCUT2D eigenvalue weighted by atomic mass is 10.2. The Kier molecular flexibility index (Phi) is 5.12. The van der Waals surface area contributed by atoms with Gasteiger partial charge in [0.2, 0.25) is 0 Å². The summed E-state index contributed by atoms with van der Waals surface area (Å²) in [5, 5.41) is 20.2. The number of rotatable bonds is 6. The first-order valence-corrected chi connectivity index (χ1v) is 5.33. The summed E-state index contributed by atoms with van der Waals surface area (Å²) in [5.41, 5.74) is 0.826. The summed E-state index contributed by atoms with van der Waals surface area (Å²) in [7, 11) is 1.27. The highest BCUT2D eigenvalue weighted by Gasteiger charge is 2.17. The van der Waals surface area contributed by atoms with Crippen LogP contribution in [0.2, 0.25) is 0 Å². The minimum absolute atomic E-state index is 0.101. The quantitative estimate of drug-likeness (QED) is 0.565. The van der Waals surface area contributed by atoms with E-state index in [2.05, 4.69) is 25.6 Å². The SMILES string of the molecule is COC(CNC(=O)NC(C)c1cn[nH]c1)C(=O)O. The van der Waals surface area contributed by atoms with E-state index in [4.69, 9.17) is 5.11 Å². The molecule has 0 spiro atoms. The second kappa shape index (κ2) is 6.60. The molecule has 4 N–H and O–H groups in total. The van der Waals surface area contributed by atoms with Gasteiger partial charge in [-0.05, 0) is 6.92 Å². The molecule has 2 amide bonds. The summed E-state index contributed by atoms with van der Waals surface area (Å²) in [4.78, 5) is 22.1. The maximum absolute atomic E-state index is 11.5. The number of carboxylic acid groups (broad SMARTS) is 1. The van der Waals surface area contributed by atoms with Crippen LogP contribution in [-0.4, -0.2) is 47.1 Å². The zero-order chi connectivity index (χ0) is 13.5. The molecule has 1 rings (SSSR count). The molecule has 0 bridgehead atoms. The number of hydrogen-bond donors (Lipinski definition) is 4. The van der Waals surface area contributed by atoms with Crippen molar-refractivity contribution in [1.82, 2.24) is 20.8 Å². The molecule has 1 aromatic heterocycles. The third-order valence-electron chi connectivity index (χ3n) is 2.37. The molecule has 0 saturated heterocycles. The van der Waals surface area contributed by atoms with Gasteiger partial charge in [0.25, 0.3) is 0 Å². The Labute approximate surface area is 104 Å². The van der Waals surface area contributed by atoms with E-state index in [1.807, 2.05) is 0 Å². The third-order valence-corrected chi connectivity index (χ3v) is 2.37. The molecule has 0 radical (unpaired) electrons. The van der Waals surface area contributed by atoms with Gasteiger partial charge in [-0.2, -0.15) is 5.10 Å². The number of urea groups is 1. The fraction of sp³-hybridized carbons (Fsp3) is 0.500. The van der Waals surface area contributed by atoms with Crippen molar-refractivity contribution >= 4 is 12.0 Å². The van der Waals surface area contributed by atoms with Crippen LogP contribution in [0, 0.1) is 0 Å². The zero-order valence-electron chi connectivity index (χ0n) is 10.1. The van der Waals surface area contributed by atoms with Crippen LogP contribution in [0.1, 0.15) is 18.5 Å². The van der Waals surface area contributed by atoms with Gasteiger partial charge in [0.05, 0.1) is 18.8 Å². The predicted molar refractivity (Wildman–Crippen MR) is 62.0 cm³/mol. The van der Waals surface area contributed by atoms with Gasteiger partial charge in [-0.3, -0.25) is 5.10 Å². The van der Waals surface area contributed by atoms with Crippen LogP contribution >= 0.6 is 0 Å². The number of ether oxygens (including phenoxy) is 1. The number of aliphatic carboxylic acids is 1. The van der Waals surface area contributed by atoms with Crippen LogP contribution in [0.3, 0.4) is 0 Å². The highest BCUT2D eigenvalue weighted by Crippen LogP contribution is 2.08. The Balaban J connectivity index is 2.35. The second-order valence-electron chi connectivity index (χ2n) is 3.67. The molecule has 0 aliphatic heterocycles. The lowest BCUT2D eigenvalue weighted by Crippen LogP contribution is -2.43. The number of carbonyl (C=O) groups is 2. The average Bonchev–Trinajstić information content (AvgIpc) is 2.82. The highest BCUT2D eigenvalue weighted by atomic mass is 16.5. The Morgan fingerprint density at radius 3 is 2.83 bits per heavy atom. The molecule has 1 heterocycles. The molecule has 2 unspecified atom stereocenters. The zero-order valence-corrected chi connectivity index (χ0v) is 10.1. The number of carboxylic acids is 1. The van der Waals surface area contributed by atoms with E-state index in [1.165, 1.54) is 7.11 Å². The smallest absolute Gasteiger partial charge is 0.334 e. The number of aromatic nitrogens is 2. The molecule has 0 aliphatic rings. The van der Waals surface area contributed by atoms with Crippen LogP contribution in [0.15, 0.2) is 12.4 Å². The molecule has 0 fully saturated rings. The van der Waals surface area contributed by atoms with Gasteiger partial charge in [-0.25, -0.2) is 9.59 Å². The first-order chi connectivity index (χ1) is 8.54. The molecule has 1 aromatic rings. The van der Waals surface area contributed by atoms with E-state index in [-0.39, 0.29) is 12.6 Å². The summed E-state index contributed by atoms with van der Waals surface area (Å²) in [6, 6.07) is -0.693. The summed E-state index contributed by atoms with van der Waals surface area (Å²) < 4.78 is 4.68. The Bertz CT molecular complexity index is 393. The first kappa shape index (κ1) is 14.0. The van der Waals surface area contributed by atoms with Crippen molar-refractivity contribution in [1.29, 1.82) is 0 Å². The van der Waals surface area contributed by atoms with Crippen LogP contribution in [-0.2, 0) is 9.53 Å². The number of carbonyl (C=O) groups excluding carboxylic acids is 1. The van der Waals surface area contributed by atoms with E-state index in [0.717, 1.165) is 5.56 Å². The van der Waals surface area contributed by atoms with Gasteiger partial charge in [0, 0.05) is 18.9 Å². The maximum Gasteiger partial charge on any atom is 0.334 e. The molecule has 8 nitrogen and oxygen atoms in total. The minimum Gasteiger partial charge on any atom is -0.479 e. The van der Waals surface area contributed by atoms with Crippen molar-refractivity contribution in [3.63, 3.8) is 0 Å². The van der Waals surface area contributed by atoms with Crippen molar-refractivity contribution in [3.8, 4) is 0 Å². The standard InChI is InChI=1S/C10H16N4O4/c1-6(7-3-12-13-4-7)14-10(17)11-5-8(18-2)9(15)16/h3-4,6,8H,5H2,1-2H3,(H,12,13)(H,15,16)(H2,11,14,17). The average molecular weight is 256 g/mol. The third kappa shape index (κ3) is 4.06. The van der Waals surface area contributed by atoms with Gasteiger partial charge in [-0.1, -0.05) is 0 Å². The fourth-order valence-electron chi connectivity index (χ4n) is 1.29. The molecule has 100 valence electrons. The molecular weight excluding hydrogens is 240 g/mol. The van der Waals surface area contributed by atoms with E-state index in [1.54, 1.807) is 19.3 Å². The fourth-order valence-corrected chi connectivity index (χ4v) is 1.29. The molecule has 18 heavy (non-hydrogen) atoms. The number of H-pyrrole nitrogens is 1. The molecule has 0 aliphatic carbocycles. The monoisotopic (exact) mass is 256 g/mol. The Hall–Kier alpha value is -2.09. The van der Waals surface area contributed by atoms with E-state index in [9.17, 15) is 9.59 Å². The largest absolute Gasteiger partial charge is 0.479 e. The molecule has 8 heteroatoms. The van der Waals surface area contributed by atoms with Crippen LogP contribution in [0.5, 0.6) is 0 Å². The number of amides is 2. The normalized spacial score (nSPS) is 13.7. The number of aromatic amines is 1. The van der Waals surface area contributed by atoms with Crippen molar-refractivity contribution in [2.24, 2.45) is 0 Å². The van der Waals surface area contributed by atoms with Gasteiger partial charge < -0.3 is 20.5 Å². The number of nitrogens with one attached hydrogen (secondary N) is 3. The minimum atomic E-state index is -1.12. The summed E-state index contributed by atoms with van der Waals surface area (Å²) in [5.74, 6) is -1.12. The van der Waals surface area contributed by atoms with Gasteiger partial charge in [0.15, 0.2) is 6.10 Å². The van der Waals surface area contributed by atoms with Crippen LogP contribution < -0.4 is 10.6 Å². The Morgan fingerprint density at radius 1 is 1.61 bits per heavy atom. The number of nitrogens with zero attached hydrogens (tertiary/aromatic N) is 1. The number of hydrogen-bond acceptors (Lipinski definition) is 4. The van der Waals surface area contributed by atoms with Gasteiger partial charge in [-0.15, -0.1) is 0 Å².